The Morgan fingerprint density at radius 3 is 2.11 bits per heavy atom. The average molecular weight is 254 g/mol. The van der Waals surface area contributed by atoms with E-state index >= 15 is 0 Å². The third-order valence-corrected chi connectivity index (χ3v) is 5.61. The quantitative estimate of drug-likeness (QED) is 0.809. The summed E-state index contributed by atoms with van der Waals surface area (Å²) < 4.78 is 0. The van der Waals surface area contributed by atoms with Gasteiger partial charge in [0.2, 0.25) is 0 Å². The lowest BCUT2D eigenvalue weighted by Gasteiger charge is -2.43. The molecule has 0 spiro atoms. The summed E-state index contributed by atoms with van der Waals surface area (Å²) in [5, 5.41) is 21.2. The summed E-state index contributed by atoms with van der Waals surface area (Å²) in [7, 11) is 0. The lowest BCUT2D eigenvalue weighted by atomic mass is 9.69. The molecule has 1 atom stereocenters. The molecule has 1 unspecified atom stereocenters. The van der Waals surface area contributed by atoms with Gasteiger partial charge in [0.15, 0.2) is 0 Å². The van der Waals surface area contributed by atoms with Crippen molar-refractivity contribution in [3.05, 3.63) is 0 Å². The van der Waals surface area contributed by atoms with E-state index in [1.807, 2.05) is 0 Å². The third kappa shape index (κ3) is 3.08. The lowest BCUT2D eigenvalue weighted by Crippen LogP contribution is -2.49. The maximum atomic E-state index is 10.7. The minimum absolute atomic E-state index is 0.339. The van der Waals surface area contributed by atoms with Gasteiger partial charge in [0.05, 0.1) is 11.7 Å². The number of hydrogen-bond donors (Lipinski definition) is 2. The minimum atomic E-state index is -0.782. The van der Waals surface area contributed by atoms with E-state index in [0.29, 0.717) is 11.8 Å². The topological polar surface area (TPSA) is 40.5 Å². The van der Waals surface area contributed by atoms with Gasteiger partial charge in [0.1, 0.15) is 0 Å². The maximum absolute atomic E-state index is 10.7. The Morgan fingerprint density at radius 1 is 1.06 bits per heavy atom. The molecule has 2 N–H and O–H groups in total. The van der Waals surface area contributed by atoms with Crippen LogP contribution in [0.2, 0.25) is 0 Å². The van der Waals surface area contributed by atoms with Crippen LogP contribution in [0.1, 0.15) is 71.6 Å². The molecule has 0 heterocycles. The van der Waals surface area contributed by atoms with Crippen LogP contribution < -0.4 is 0 Å². The Hall–Kier alpha value is -0.0800. The van der Waals surface area contributed by atoms with Crippen LogP contribution in [-0.2, 0) is 0 Å². The fourth-order valence-corrected chi connectivity index (χ4v) is 3.91. The molecule has 18 heavy (non-hydrogen) atoms. The molecule has 2 rings (SSSR count). The smallest absolute Gasteiger partial charge is 0.0908 e. The van der Waals surface area contributed by atoms with E-state index in [0.717, 1.165) is 44.4 Å². The van der Waals surface area contributed by atoms with Crippen molar-refractivity contribution in [2.75, 3.05) is 0 Å². The van der Waals surface area contributed by atoms with Gasteiger partial charge in [-0.15, -0.1) is 0 Å². The van der Waals surface area contributed by atoms with Gasteiger partial charge in [0, 0.05) is 0 Å². The predicted molar refractivity (Wildman–Crippen MR) is 74.3 cm³/mol. The molecule has 0 aromatic heterocycles. The zero-order valence-electron chi connectivity index (χ0n) is 12.1. The molecular formula is C16H30O2. The second kappa shape index (κ2) is 5.92. The maximum Gasteiger partial charge on any atom is 0.0908 e. The highest BCUT2D eigenvalue weighted by Crippen LogP contribution is 2.41. The van der Waals surface area contributed by atoms with Crippen LogP contribution in [0.25, 0.3) is 0 Å². The first-order valence-electron chi connectivity index (χ1n) is 7.95. The van der Waals surface area contributed by atoms with Crippen LogP contribution in [0.4, 0.5) is 0 Å². The van der Waals surface area contributed by atoms with Gasteiger partial charge in [-0.2, -0.15) is 0 Å². The fraction of sp³-hybridized carbons (Fsp3) is 1.00. The molecule has 2 aliphatic carbocycles. The number of rotatable bonds is 3. The van der Waals surface area contributed by atoms with Gasteiger partial charge in [-0.1, -0.05) is 33.1 Å². The molecule has 2 aliphatic rings. The molecule has 0 amide bonds. The second-order valence-corrected chi connectivity index (χ2v) is 6.92. The van der Waals surface area contributed by atoms with Crippen molar-refractivity contribution in [3.8, 4) is 0 Å². The second-order valence-electron chi connectivity index (χ2n) is 6.92. The van der Waals surface area contributed by atoms with E-state index < -0.39 is 11.7 Å². The lowest BCUT2D eigenvalue weighted by molar-refractivity contribution is -0.131. The fourth-order valence-electron chi connectivity index (χ4n) is 3.91. The van der Waals surface area contributed by atoms with Crippen molar-refractivity contribution in [3.63, 3.8) is 0 Å². The average Bonchev–Trinajstić information content (AvgIpc) is 2.41. The van der Waals surface area contributed by atoms with Gasteiger partial charge in [-0.25, -0.2) is 0 Å². The van der Waals surface area contributed by atoms with Crippen molar-refractivity contribution in [2.45, 2.75) is 83.3 Å². The molecule has 0 radical (unpaired) electrons. The Balaban J connectivity index is 1.89. The molecule has 2 saturated carbocycles. The molecule has 0 bridgehead atoms. The molecule has 2 heteroatoms. The monoisotopic (exact) mass is 254 g/mol. The third-order valence-electron chi connectivity index (χ3n) is 5.61. The van der Waals surface area contributed by atoms with E-state index in [1.54, 1.807) is 0 Å². The highest BCUT2D eigenvalue weighted by Gasteiger charge is 2.42. The molecule has 2 fully saturated rings. The number of aliphatic hydroxyl groups is 2. The van der Waals surface area contributed by atoms with Gasteiger partial charge in [-0.05, 0) is 56.3 Å². The van der Waals surface area contributed by atoms with Crippen LogP contribution in [0.3, 0.4) is 0 Å². The summed E-state index contributed by atoms with van der Waals surface area (Å²) in [4.78, 5) is 0. The van der Waals surface area contributed by atoms with Crippen molar-refractivity contribution in [2.24, 2.45) is 17.8 Å². The molecule has 0 saturated heterocycles. The minimum Gasteiger partial charge on any atom is -0.390 e. The van der Waals surface area contributed by atoms with E-state index in [2.05, 4.69) is 13.8 Å². The van der Waals surface area contributed by atoms with E-state index in [-0.39, 0.29) is 0 Å². The Labute approximate surface area is 112 Å². The SMILES string of the molecule is CCC1CCC(C(O)C2(O)CCC(C)CC2)CC1. The Kier molecular flexibility index (Phi) is 4.71. The molecule has 0 aromatic carbocycles. The molecule has 2 nitrogen and oxygen atoms in total. The molecule has 0 aromatic rings. The summed E-state index contributed by atoms with van der Waals surface area (Å²) in [6.07, 6.45) is 9.21. The summed E-state index contributed by atoms with van der Waals surface area (Å²) in [6.45, 7) is 4.51. The van der Waals surface area contributed by atoms with Crippen molar-refractivity contribution in [1.82, 2.24) is 0 Å². The first-order chi connectivity index (χ1) is 8.55. The van der Waals surface area contributed by atoms with Gasteiger partial charge < -0.3 is 10.2 Å². The highest BCUT2D eigenvalue weighted by molar-refractivity contribution is 4.94. The molecule has 0 aliphatic heterocycles. The van der Waals surface area contributed by atoms with Crippen LogP contribution >= 0.6 is 0 Å². The Bertz CT molecular complexity index is 248. The summed E-state index contributed by atoms with van der Waals surface area (Å²) in [5.41, 5.74) is -0.782. The van der Waals surface area contributed by atoms with Crippen LogP contribution in [0.15, 0.2) is 0 Å². The van der Waals surface area contributed by atoms with Gasteiger partial charge >= 0.3 is 0 Å². The zero-order valence-corrected chi connectivity index (χ0v) is 12.1. The first-order valence-corrected chi connectivity index (χ1v) is 7.95. The zero-order chi connectivity index (χ0) is 13.2. The first kappa shape index (κ1) is 14.3. The Morgan fingerprint density at radius 2 is 1.61 bits per heavy atom. The number of aliphatic hydroxyl groups excluding tert-OH is 1. The predicted octanol–water partition coefficient (Wildman–Crippen LogP) is 3.50. The van der Waals surface area contributed by atoms with Gasteiger partial charge in [-0.3, -0.25) is 0 Å². The van der Waals surface area contributed by atoms with Crippen LogP contribution in [-0.4, -0.2) is 21.9 Å². The van der Waals surface area contributed by atoms with E-state index in [4.69, 9.17) is 0 Å². The number of hydrogen-bond acceptors (Lipinski definition) is 2. The summed E-state index contributed by atoms with van der Waals surface area (Å²) in [6, 6.07) is 0. The van der Waals surface area contributed by atoms with E-state index in [1.165, 1.54) is 19.3 Å². The largest absolute Gasteiger partial charge is 0.390 e. The molecule has 106 valence electrons. The van der Waals surface area contributed by atoms with Crippen LogP contribution in [0.5, 0.6) is 0 Å². The molecular weight excluding hydrogens is 224 g/mol. The normalized spacial score (nSPS) is 43.7. The van der Waals surface area contributed by atoms with Crippen LogP contribution in [0, 0.1) is 17.8 Å². The standard InChI is InChI=1S/C16H30O2/c1-3-13-4-6-14(7-5-13)15(17)16(18)10-8-12(2)9-11-16/h12-15,17-18H,3-11H2,1-2H3. The summed E-state index contributed by atoms with van der Waals surface area (Å²) >= 11 is 0. The van der Waals surface area contributed by atoms with Crippen molar-refractivity contribution >= 4 is 0 Å². The summed E-state index contributed by atoms with van der Waals surface area (Å²) in [5.74, 6) is 1.91. The van der Waals surface area contributed by atoms with Gasteiger partial charge in [0.25, 0.3) is 0 Å². The van der Waals surface area contributed by atoms with Crippen molar-refractivity contribution in [1.29, 1.82) is 0 Å². The highest BCUT2D eigenvalue weighted by atomic mass is 16.3. The van der Waals surface area contributed by atoms with Crippen molar-refractivity contribution < 1.29 is 10.2 Å². The van der Waals surface area contributed by atoms with E-state index in [9.17, 15) is 10.2 Å².